The lowest BCUT2D eigenvalue weighted by atomic mass is 9.99. The summed E-state index contributed by atoms with van der Waals surface area (Å²) < 4.78 is 38.1. The molecule has 0 fully saturated rings. The zero-order valence-electron chi connectivity index (χ0n) is 11.6. The van der Waals surface area contributed by atoms with Crippen molar-refractivity contribution >= 4 is 11.5 Å². The standard InChI is InChI=1S/C16H12F3NO2/c1-10(21)15(20-22)12-7-5-11(6-8-12)13-3-2-4-14(9-13)16(17,18)19/h2-9,22H,1H3/b20-15-. The average Bonchev–Trinajstić information content (AvgIpc) is 2.47. The van der Waals surface area contributed by atoms with E-state index in [1.54, 1.807) is 18.2 Å². The molecule has 0 heterocycles. The number of carbonyl (C=O) groups is 1. The van der Waals surface area contributed by atoms with Crippen molar-refractivity contribution in [2.75, 3.05) is 0 Å². The molecule has 1 N–H and O–H groups in total. The molecule has 0 aliphatic rings. The van der Waals surface area contributed by atoms with E-state index in [0.29, 0.717) is 16.7 Å². The fourth-order valence-corrected chi connectivity index (χ4v) is 2.03. The van der Waals surface area contributed by atoms with E-state index in [4.69, 9.17) is 5.21 Å². The van der Waals surface area contributed by atoms with Crippen LogP contribution in [0.5, 0.6) is 0 Å². The number of ketones is 1. The molecule has 0 radical (unpaired) electrons. The molecule has 0 aliphatic carbocycles. The van der Waals surface area contributed by atoms with Gasteiger partial charge in [-0.25, -0.2) is 0 Å². The van der Waals surface area contributed by atoms with E-state index in [1.807, 2.05) is 0 Å². The number of nitrogens with zero attached hydrogens (tertiary/aromatic N) is 1. The third-order valence-electron chi connectivity index (χ3n) is 3.12. The van der Waals surface area contributed by atoms with Crippen LogP contribution in [0.25, 0.3) is 11.1 Å². The largest absolute Gasteiger partial charge is 0.416 e. The normalized spacial score (nSPS) is 12.3. The van der Waals surface area contributed by atoms with E-state index in [1.165, 1.54) is 25.1 Å². The third-order valence-corrected chi connectivity index (χ3v) is 3.12. The summed E-state index contributed by atoms with van der Waals surface area (Å²) in [5, 5.41) is 11.7. The lowest BCUT2D eigenvalue weighted by molar-refractivity contribution is -0.137. The van der Waals surface area contributed by atoms with Crippen LogP contribution in [-0.2, 0) is 11.0 Å². The van der Waals surface area contributed by atoms with Gasteiger partial charge in [0.2, 0.25) is 0 Å². The topological polar surface area (TPSA) is 49.7 Å². The number of Topliss-reactive ketones (excluding diaryl/α,β-unsaturated/α-hetero) is 1. The maximum Gasteiger partial charge on any atom is 0.416 e. The van der Waals surface area contributed by atoms with Crippen molar-refractivity contribution in [1.29, 1.82) is 0 Å². The Kier molecular flexibility index (Phi) is 4.30. The summed E-state index contributed by atoms with van der Waals surface area (Å²) in [4.78, 5) is 11.3. The average molecular weight is 307 g/mol. The van der Waals surface area contributed by atoms with E-state index in [9.17, 15) is 18.0 Å². The van der Waals surface area contributed by atoms with Gasteiger partial charge in [0.15, 0.2) is 11.5 Å². The lowest BCUT2D eigenvalue weighted by Gasteiger charge is -2.09. The smallest absolute Gasteiger partial charge is 0.410 e. The molecule has 0 bridgehead atoms. The summed E-state index contributed by atoms with van der Waals surface area (Å²) in [7, 11) is 0. The van der Waals surface area contributed by atoms with Crippen molar-refractivity contribution in [3.8, 4) is 11.1 Å². The summed E-state index contributed by atoms with van der Waals surface area (Å²) in [6.07, 6.45) is -4.40. The molecule has 2 aromatic carbocycles. The van der Waals surface area contributed by atoms with E-state index in [0.717, 1.165) is 12.1 Å². The summed E-state index contributed by atoms with van der Waals surface area (Å²) in [5.41, 5.74) is 0.541. The highest BCUT2D eigenvalue weighted by molar-refractivity contribution is 6.45. The number of hydrogen-bond donors (Lipinski definition) is 1. The molecule has 0 aromatic heterocycles. The van der Waals surface area contributed by atoms with Crippen LogP contribution in [0.4, 0.5) is 13.2 Å². The van der Waals surface area contributed by atoms with Gasteiger partial charge in [-0.2, -0.15) is 13.2 Å². The summed E-state index contributed by atoms with van der Waals surface area (Å²) >= 11 is 0. The van der Waals surface area contributed by atoms with Gasteiger partial charge < -0.3 is 5.21 Å². The van der Waals surface area contributed by atoms with Crippen molar-refractivity contribution < 1.29 is 23.2 Å². The fraction of sp³-hybridized carbons (Fsp3) is 0.125. The van der Waals surface area contributed by atoms with Gasteiger partial charge >= 0.3 is 6.18 Å². The van der Waals surface area contributed by atoms with Crippen LogP contribution >= 0.6 is 0 Å². The first-order chi connectivity index (χ1) is 10.3. The van der Waals surface area contributed by atoms with Gasteiger partial charge in [-0.3, -0.25) is 4.79 Å². The van der Waals surface area contributed by atoms with Crippen LogP contribution in [0.2, 0.25) is 0 Å². The molecule has 0 saturated carbocycles. The first-order valence-electron chi connectivity index (χ1n) is 6.34. The number of oxime groups is 1. The molecule has 0 amide bonds. The predicted octanol–water partition coefficient (Wildman–Crippen LogP) is 4.14. The number of carbonyl (C=O) groups excluding carboxylic acids is 1. The van der Waals surface area contributed by atoms with Crippen molar-refractivity contribution in [3.05, 3.63) is 59.7 Å². The molecule has 0 aliphatic heterocycles. The minimum Gasteiger partial charge on any atom is -0.410 e. The Morgan fingerprint density at radius 3 is 2.18 bits per heavy atom. The lowest BCUT2D eigenvalue weighted by Crippen LogP contribution is -2.11. The summed E-state index contributed by atoms with van der Waals surface area (Å²) in [6.45, 7) is 1.26. The van der Waals surface area contributed by atoms with Gasteiger partial charge in [0.1, 0.15) is 0 Å². The molecule has 0 spiro atoms. The van der Waals surface area contributed by atoms with Crippen LogP contribution in [0.3, 0.4) is 0 Å². The molecule has 0 saturated heterocycles. The number of halogens is 3. The zero-order chi connectivity index (χ0) is 16.3. The Labute approximate surface area is 124 Å². The van der Waals surface area contributed by atoms with Crippen molar-refractivity contribution in [2.24, 2.45) is 5.16 Å². The second kappa shape index (κ2) is 6.01. The maximum absolute atomic E-state index is 12.7. The van der Waals surface area contributed by atoms with E-state index in [2.05, 4.69) is 5.16 Å². The van der Waals surface area contributed by atoms with Crippen molar-refractivity contribution in [2.45, 2.75) is 13.1 Å². The van der Waals surface area contributed by atoms with Gasteiger partial charge in [-0.05, 0) is 23.3 Å². The third kappa shape index (κ3) is 3.33. The Morgan fingerprint density at radius 1 is 1.05 bits per heavy atom. The molecule has 22 heavy (non-hydrogen) atoms. The Morgan fingerprint density at radius 2 is 1.68 bits per heavy atom. The van der Waals surface area contributed by atoms with Crippen LogP contribution in [0.15, 0.2) is 53.7 Å². The molecular weight excluding hydrogens is 295 g/mol. The van der Waals surface area contributed by atoms with Crippen LogP contribution in [0, 0.1) is 0 Å². The predicted molar refractivity (Wildman–Crippen MR) is 75.9 cm³/mol. The molecule has 2 rings (SSSR count). The van der Waals surface area contributed by atoms with Crippen LogP contribution < -0.4 is 0 Å². The van der Waals surface area contributed by atoms with E-state index < -0.39 is 17.5 Å². The number of rotatable bonds is 3. The Bertz CT molecular complexity index is 719. The van der Waals surface area contributed by atoms with Gasteiger partial charge in [0.25, 0.3) is 0 Å². The number of benzene rings is 2. The number of hydrogen-bond acceptors (Lipinski definition) is 3. The summed E-state index contributed by atoms with van der Waals surface area (Å²) in [5.74, 6) is -0.408. The molecule has 0 atom stereocenters. The van der Waals surface area contributed by atoms with Crippen molar-refractivity contribution in [3.63, 3.8) is 0 Å². The maximum atomic E-state index is 12.7. The molecular formula is C16H12F3NO2. The first kappa shape index (κ1) is 15.8. The van der Waals surface area contributed by atoms with Gasteiger partial charge in [0, 0.05) is 12.5 Å². The van der Waals surface area contributed by atoms with Crippen LogP contribution in [0.1, 0.15) is 18.1 Å². The number of alkyl halides is 3. The molecule has 2 aromatic rings. The quantitative estimate of drug-likeness (QED) is 0.526. The monoisotopic (exact) mass is 307 g/mol. The Balaban J connectivity index is 2.38. The molecule has 3 nitrogen and oxygen atoms in total. The van der Waals surface area contributed by atoms with E-state index in [-0.39, 0.29) is 5.71 Å². The highest BCUT2D eigenvalue weighted by Gasteiger charge is 2.30. The summed E-state index contributed by atoms with van der Waals surface area (Å²) in [6, 6.07) is 11.1. The van der Waals surface area contributed by atoms with Gasteiger partial charge in [0.05, 0.1) is 5.56 Å². The highest BCUT2D eigenvalue weighted by atomic mass is 19.4. The SMILES string of the molecule is CC(=O)/C(=N/O)c1ccc(-c2cccc(C(F)(F)F)c2)cc1. The Hall–Kier alpha value is -2.63. The van der Waals surface area contributed by atoms with Gasteiger partial charge in [-0.15, -0.1) is 0 Å². The van der Waals surface area contributed by atoms with Gasteiger partial charge in [-0.1, -0.05) is 41.6 Å². The molecule has 0 unspecified atom stereocenters. The fourth-order valence-electron chi connectivity index (χ4n) is 2.03. The van der Waals surface area contributed by atoms with Crippen molar-refractivity contribution in [1.82, 2.24) is 0 Å². The second-order valence-corrected chi connectivity index (χ2v) is 4.66. The minimum atomic E-state index is -4.40. The second-order valence-electron chi connectivity index (χ2n) is 4.66. The first-order valence-corrected chi connectivity index (χ1v) is 6.34. The van der Waals surface area contributed by atoms with Crippen LogP contribution in [-0.4, -0.2) is 16.7 Å². The molecule has 114 valence electrons. The zero-order valence-corrected chi connectivity index (χ0v) is 11.6. The highest BCUT2D eigenvalue weighted by Crippen LogP contribution is 2.32. The van der Waals surface area contributed by atoms with E-state index >= 15 is 0 Å². The molecule has 6 heteroatoms. The minimum absolute atomic E-state index is 0.101.